The van der Waals surface area contributed by atoms with Crippen molar-refractivity contribution in [3.8, 4) is 0 Å². The van der Waals surface area contributed by atoms with E-state index < -0.39 is 32.6 Å². The second kappa shape index (κ2) is 6.34. The summed E-state index contributed by atoms with van der Waals surface area (Å²) in [6, 6.07) is 1.99. The molecule has 0 N–H and O–H groups in total. The molecule has 2 aromatic rings. The fraction of sp³-hybridized carbons (Fsp3) is 0.357. The Labute approximate surface area is 135 Å². The summed E-state index contributed by atoms with van der Waals surface area (Å²) in [5, 5.41) is 0. The van der Waals surface area contributed by atoms with E-state index in [9.17, 15) is 26.4 Å². The SMILES string of the molecule is CCOC(=O)c1cc2ncc(C(F)(F)F)nc2cc1S(=O)(=O)CC. The van der Waals surface area contributed by atoms with E-state index in [1.54, 1.807) is 6.92 Å². The summed E-state index contributed by atoms with van der Waals surface area (Å²) in [5.74, 6) is -1.23. The molecule has 0 atom stereocenters. The van der Waals surface area contributed by atoms with Gasteiger partial charge in [0.15, 0.2) is 15.5 Å². The van der Waals surface area contributed by atoms with Gasteiger partial charge in [-0.1, -0.05) is 6.92 Å². The highest BCUT2D eigenvalue weighted by Crippen LogP contribution is 2.30. The topological polar surface area (TPSA) is 86.2 Å². The second-order valence-corrected chi connectivity index (χ2v) is 6.96. The summed E-state index contributed by atoms with van der Waals surface area (Å²) in [4.78, 5) is 18.6. The van der Waals surface area contributed by atoms with Crippen LogP contribution in [0.25, 0.3) is 11.0 Å². The van der Waals surface area contributed by atoms with Crippen LogP contribution in [0.2, 0.25) is 0 Å². The molecule has 0 saturated heterocycles. The summed E-state index contributed by atoms with van der Waals surface area (Å²) in [6.07, 6.45) is -4.20. The number of nitrogens with zero attached hydrogens (tertiary/aromatic N) is 2. The van der Waals surface area contributed by atoms with Gasteiger partial charge in [-0.05, 0) is 19.1 Å². The summed E-state index contributed by atoms with van der Waals surface area (Å²) in [7, 11) is -3.88. The zero-order valence-electron chi connectivity index (χ0n) is 12.7. The van der Waals surface area contributed by atoms with Crippen LogP contribution in [-0.2, 0) is 20.8 Å². The van der Waals surface area contributed by atoms with Gasteiger partial charge in [0, 0.05) is 0 Å². The first-order valence-electron chi connectivity index (χ1n) is 6.88. The van der Waals surface area contributed by atoms with E-state index in [0.29, 0.717) is 6.20 Å². The van der Waals surface area contributed by atoms with Gasteiger partial charge in [0.05, 0.1) is 40.0 Å². The van der Waals surface area contributed by atoms with Crippen LogP contribution in [0.5, 0.6) is 0 Å². The summed E-state index contributed by atoms with van der Waals surface area (Å²) in [5.41, 5.74) is -1.84. The fourth-order valence-corrected chi connectivity index (χ4v) is 3.04. The van der Waals surface area contributed by atoms with Gasteiger partial charge in [-0.15, -0.1) is 0 Å². The zero-order valence-corrected chi connectivity index (χ0v) is 13.5. The predicted octanol–water partition coefficient (Wildman–Crippen LogP) is 2.62. The van der Waals surface area contributed by atoms with Crippen LogP contribution in [0.3, 0.4) is 0 Å². The van der Waals surface area contributed by atoms with E-state index in [1.165, 1.54) is 6.92 Å². The molecule has 2 rings (SSSR count). The number of carbonyl (C=O) groups excluding carboxylic acids is 1. The van der Waals surface area contributed by atoms with Crippen molar-refractivity contribution in [3.63, 3.8) is 0 Å². The van der Waals surface area contributed by atoms with Crippen LogP contribution < -0.4 is 0 Å². The van der Waals surface area contributed by atoms with Gasteiger partial charge in [0.1, 0.15) is 0 Å². The number of sulfone groups is 1. The molecule has 0 radical (unpaired) electrons. The first kappa shape index (κ1) is 18.1. The molecule has 0 aliphatic rings. The van der Waals surface area contributed by atoms with Crippen molar-refractivity contribution in [2.75, 3.05) is 12.4 Å². The predicted molar refractivity (Wildman–Crippen MR) is 78.2 cm³/mol. The second-order valence-electron chi connectivity index (χ2n) is 4.71. The largest absolute Gasteiger partial charge is 0.462 e. The Hall–Kier alpha value is -2.23. The van der Waals surface area contributed by atoms with Crippen molar-refractivity contribution in [2.24, 2.45) is 0 Å². The van der Waals surface area contributed by atoms with Gasteiger partial charge in [-0.3, -0.25) is 4.98 Å². The lowest BCUT2D eigenvalue weighted by Gasteiger charge is -2.11. The Bertz CT molecular complexity index is 895. The van der Waals surface area contributed by atoms with Gasteiger partial charge in [0.2, 0.25) is 0 Å². The first-order valence-corrected chi connectivity index (χ1v) is 8.53. The minimum atomic E-state index is -4.72. The standard InChI is InChI=1S/C14H13F3N2O4S/c1-3-23-13(20)8-5-9-10(6-11(8)24(21,22)4-2)19-12(7-18-9)14(15,16)17/h5-7H,3-4H2,1-2H3. The Kier molecular flexibility index (Phi) is 4.79. The average molecular weight is 362 g/mol. The lowest BCUT2D eigenvalue weighted by molar-refractivity contribution is -0.141. The first-order chi connectivity index (χ1) is 11.1. The third kappa shape index (κ3) is 3.48. The highest BCUT2D eigenvalue weighted by molar-refractivity contribution is 7.91. The van der Waals surface area contributed by atoms with E-state index in [1.807, 2.05) is 0 Å². The van der Waals surface area contributed by atoms with E-state index in [0.717, 1.165) is 12.1 Å². The Morgan fingerprint density at radius 3 is 2.42 bits per heavy atom. The molecule has 0 aliphatic carbocycles. The summed E-state index contributed by atoms with van der Waals surface area (Å²) in [6.45, 7) is 2.91. The van der Waals surface area contributed by atoms with Crippen LogP contribution in [0.1, 0.15) is 29.9 Å². The van der Waals surface area contributed by atoms with Gasteiger partial charge in [0.25, 0.3) is 0 Å². The van der Waals surface area contributed by atoms with Crippen molar-refractivity contribution >= 4 is 26.8 Å². The van der Waals surface area contributed by atoms with E-state index in [4.69, 9.17) is 4.74 Å². The molecule has 0 bridgehead atoms. The maximum Gasteiger partial charge on any atom is 0.434 e. The molecule has 0 aliphatic heterocycles. The average Bonchev–Trinajstić information content (AvgIpc) is 2.52. The number of fused-ring (bicyclic) bond motifs is 1. The Morgan fingerprint density at radius 1 is 1.21 bits per heavy atom. The molecule has 0 fully saturated rings. The number of ether oxygens (including phenoxy) is 1. The zero-order chi connectivity index (χ0) is 18.1. The summed E-state index contributed by atoms with van der Waals surface area (Å²) >= 11 is 0. The van der Waals surface area contributed by atoms with Crippen LogP contribution in [0.4, 0.5) is 13.2 Å². The molecule has 0 saturated carbocycles. The molecule has 130 valence electrons. The molecule has 1 aromatic carbocycles. The smallest absolute Gasteiger partial charge is 0.434 e. The van der Waals surface area contributed by atoms with Crippen LogP contribution in [0, 0.1) is 0 Å². The maximum absolute atomic E-state index is 12.7. The molecule has 6 nitrogen and oxygen atoms in total. The number of rotatable bonds is 4. The molecular formula is C14H13F3N2O4S. The quantitative estimate of drug-likeness (QED) is 0.777. The normalized spacial score (nSPS) is 12.4. The van der Waals surface area contributed by atoms with Crippen molar-refractivity contribution in [1.82, 2.24) is 9.97 Å². The van der Waals surface area contributed by atoms with Crippen LogP contribution >= 0.6 is 0 Å². The molecule has 24 heavy (non-hydrogen) atoms. The van der Waals surface area contributed by atoms with Crippen LogP contribution in [0.15, 0.2) is 23.2 Å². The number of hydrogen-bond donors (Lipinski definition) is 0. The lowest BCUT2D eigenvalue weighted by Crippen LogP contribution is -2.15. The van der Waals surface area contributed by atoms with Crippen molar-refractivity contribution in [2.45, 2.75) is 24.9 Å². The number of benzene rings is 1. The number of aromatic nitrogens is 2. The van der Waals surface area contributed by atoms with Gasteiger partial charge < -0.3 is 4.74 Å². The number of alkyl halides is 3. The lowest BCUT2D eigenvalue weighted by atomic mass is 10.2. The molecule has 0 amide bonds. The third-order valence-corrected chi connectivity index (χ3v) is 4.91. The highest BCUT2D eigenvalue weighted by atomic mass is 32.2. The third-order valence-electron chi connectivity index (χ3n) is 3.14. The minimum absolute atomic E-state index is 0.0151. The summed E-state index contributed by atoms with van der Waals surface area (Å²) < 4.78 is 67.3. The van der Waals surface area contributed by atoms with Gasteiger partial charge in [-0.25, -0.2) is 18.2 Å². The number of halogens is 3. The number of esters is 1. The van der Waals surface area contributed by atoms with Crippen molar-refractivity contribution < 1.29 is 31.1 Å². The van der Waals surface area contributed by atoms with Gasteiger partial charge in [-0.2, -0.15) is 13.2 Å². The monoisotopic (exact) mass is 362 g/mol. The Balaban J connectivity index is 2.77. The molecular weight excluding hydrogens is 349 g/mol. The molecule has 1 heterocycles. The van der Waals surface area contributed by atoms with E-state index in [-0.39, 0.29) is 29.0 Å². The molecule has 10 heteroatoms. The molecule has 1 aromatic heterocycles. The number of carbonyl (C=O) groups is 1. The van der Waals surface area contributed by atoms with Crippen LogP contribution in [-0.4, -0.2) is 36.7 Å². The minimum Gasteiger partial charge on any atom is -0.462 e. The fourth-order valence-electron chi connectivity index (χ4n) is 1.96. The van der Waals surface area contributed by atoms with Gasteiger partial charge >= 0.3 is 12.1 Å². The Morgan fingerprint density at radius 2 is 1.88 bits per heavy atom. The van der Waals surface area contributed by atoms with Crippen molar-refractivity contribution in [3.05, 3.63) is 29.6 Å². The van der Waals surface area contributed by atoms with E-state index >= 15 is 0 Å². The van der Waals surface area contributed by atoms with Crippen molar-refractivity contribution in [1.29, 1.82) is 0 Å². The number of hydrogen-bond acceptors (Lipinski definition) is 6. The van der Waals surface area contributed by atoms with E-state index in [2.05, 4.69) is 9.97 Å². The molecule has 0 spiro atoms. The molecule has 0 unspecified atom stereocenters. The maximum atomic E-state index is 12.7. The highest BCUT2D eigenvalue weighted by Gasteiger charge is 2.33.